The minimum Gasteiger partial charge on any atom is -0.465 e. The first-order chi connectivity index (χ1) is 11.4. The molecule has 0 spiro atoms. The Kier molecular flexibility index (Phi) is 6.78. The SMILES string of the molecule is CCOC(=O)[C@@H](NC(C)(C)C)[C@@H](c1ccccc1)N1CCOCC1. The lowest BCUT2D eigenvalue weighted by atomic mass is 9.94. The molecule has 24 heavy (non-hydrogen) atoms. The fraction of sp³-hybridized carbons (Fsp3) is 0.632. The fourth-order valence-corrected chi connectivity index (χ4v) is 3.09. The lowest BCUT2D eigenvalue weighted by Crippen LogP contribution is -2.56. The smallest absolute Gasteiger partial charge is 0.325 e. The van der Waals surface area contributed by atoms with Crippen LogP contribution in [0, 0.1) is 0 Å². The molecule has 1 N–H and O–H groups in total. The van der Waals surface area contributed by atoms with E-state index in [1.807, 2.05) is 25.1 Å². The minimum absolute atomic E-state index is 0.0756. The van der Waals surface area contributed by atoms with Gasteiger partial charge in [0.25, 0.3) is 0 Å². The average molecular weight is 334 g/mol. The van der Waals surface area contributed by atoms with E-state index in [1.54, 1.807) is 0 Å². The second-order valence-electron chi connectivity index (χ2n) is 7.13. The Bertz CT molecular complexity index is 507. The zero-order chi connectivity index (χ0) is 17.6. The molecule has 0 amide bonds. The molecule has 5 heteroatoms. The average Bonchev–Trinajstić information content (AvgIpc) is 2.55. The van der Waals surface area contributed by atoms with Crippen molar-refractivity contribution in [2.45, 2.75) is 45.3 Å². The summed E-state index contributed by atoms with van der Waals surface area (Å²) in [5.74, 6) is -0.201. The second kappa shape index (κ2) is 8.60. The summed E-state index contributed by atoms with van der Waals surface area (Å²) in [5.41, 5.74) is 0.922. The molecule has 1 aromatic rings. The molecule has 1 fully saturated rings. The van der Waals surface area contributed by atoms with Gasteiger partial charge in [0.1, 0.15) is 6.04 Å². The van der Waals surface area contributed by atoms with E-state index >= 15 is 0 Å². The number of carbonyl (C=O) groups is 1. The van der Waals surface area contributed by atoms with E-state index in [4.69, 9.17) is 9.47 Å². The van der Waals surface area contributed by atoms with Crippen molar-refractivity contribution in [3.05, 3.63) is 35.9 Å². The monoisotopic (exact) mass is 334 g/mol. The highest BCUT2D eigenvalue weighted by molar-refractivity contribution is 5.77. The summed E-state index contributed by atoms with van der Waals surface area (Å²) in [4.78, 5) is 15.1. The molecule has 2 atom stereocenters. The summed E-state index contributed by atoms with van der Waals surface area (Å²) < 4.78 is 10.9. The van der Waals surface area contributed by atoms with Crippen molar-refractivity contribution < 1.29 is 14.3 Å². The molecule has 134 valence electrons. The Balaban J connectivity index is 2.37. The van der Waals surface area contributed by atoms with Crippen LogP contribution < -0.4 is 5.32 Å². The highest BCUT2D eigenvalue weighted by Gasteiger charge is 2.37. The number of ether oxygens (including phenoxy) is 2. The molecule has 1 aromatic carbocycles. The Hall–Kier alpha value is -1.43. The van der Waals surface area contributed by atoms with E-state index in [1.165, 1.54) is 0 Å². The van der Waals surface area contributed by atoms with Gasteiger partial charge in [0.15, 0.2) is 0 Å². The van der Waals surface area contributed by atoms with Crippen molar-refractivity contribution in [2.75, 3.05) is 32.9 Å². The van der Waals surface area contributed by atoms with Crippen LogP contribution in [0.2, 0.25) is 0 Å². The van der Waals surface area contributed by atoms with Crippen LogP contribution in [0.3, 0.4) is 0 Å². The molecule has 2 rings (SSSR count). The Labute approximate surface area is 145 Å². The fourth-order valence-electron chi connectivity index (χ4n) is 3.09. The van der Waals surface area contributed by atoms with Crippen LogP contribution in [-0.2, 0) is 14.3 Å². The second-order valence-corrected chi connectivity index (χ2v) is 7.13. The number of carbonyl (C=O) groups excluding carboxylic acids is 1. The molecule has 1 heterocycles. The van der Waals surface area contributed by atoms with E-state index < -0.39 is 6.04 Å². The largest absolute Gasteiger partial charge is 0.465 e. The minimum atomic E-state index is -0.426. The van der Waals surface area contributed by atoms with Gasteiger partial charge in [0.2, 0.25) is 0 Å². The van der Waals surface area contributed by atoms with E-state index in [0.29, 0.717) is 19.8 Å². The van der Waals surface area contributed by atoms with Crippen LogP contribution in [0.1, 0.15) is 39.3 Å². The molecule has 1 aliphatic rings. The van der Waals surface area contributed by atoms with Crippen LogP contribution in [-0.4, -0.2) is 55.4 Å². The molecule has 0 saturated carbocycles. The van der Waals surface area contributed by atoms with Crippen molar-refractivity contribution in [1.82, 2.24) is 10.2 Å². The lowest BCUT2D eigenvalue weighted by Gasteiger charge is -2.40. The summed E-state index contributed by atoms with van der Waals surface area (Å²) in [6.45, 7) is 11.4. The maximum Gasteiger partial charge on any atom is 0.325 e. The zero-order valence-electron chi connectivity index (χ0n) is 15.2. The van der Waals surface area contributed by atoms with E-state index in [-0.39, 0.29) is 17.6 Å². The third-order valence-electron chi connectivity index (χ3n) is 4.02. The van der Waals surface area contributed by atoms with Gasteiger partial charge >= 0.3 is 5.97 Å². The first-order valence-corrected chi connectivity index (χ1v) is 8.73. The van der Waals surface area contributed by atoms with Crippen molar-refractivity contribution in [3.8, 4) is 0 Å². The maximum atomic E-state index is 12.7. The summed E-state index contributed by atoms with van der Waals surface area (Å²) in [6, 6.07) is 9.69. The highest BCUT2D eigenvalue weighted by atomic mass is 16.5. The molecule has 0 aliphatic carbocycles. The molecule has 0 radical (unpaired) electrons. The van der Waals surface area contributed by atoms with Gasteiger partial charge in [0.05, 0.1) is 25.9 Å². The number of esters is 1. The van der Waals surface area contributed by atoms with Crippen LogP contribution in [0.25, 0.3) is 0 Å². The molecule has 1 saturated heterocycles. The van der Waals surface area contributed by atoms with Crippen LogP contribution in [0.5, 0.6) is 0 Å². The van der Waals surface area contributed by atoms with Gasteiger partial charge in [-0.3, -0.25) is 15.0 Å². The summed E-state index contributed by atoms with van der Waals surface area (Å²) in [7, 11) is 0. The van der Waals surface area contributed by atoms with Gasteiger partial charge in [0, 0.05) is 18.6 Å². The van der Waals surface area contributed by atoms with Crippen molar-refractivity contribution in [3.63, 3.8) is 0 Å². The van der Waals surface area contributed by atoms with Gasteiger partial charge in [-0.25, -0.2) is 0 Å². The van der Waals surface area contributed by atoms with Crippen molar-refractivity contribution in [1.29, 1.82) is 0 Å². The molecule has 1 aliphatic heterocycles. The number of morpholine rings is 1. The number of rotatable bonds is 6. The predicted molar refractivity (Wildman–Crippen MR) is 94.9 cm³/mol. The summed E-state index contributed by atoms with van der Waals surface area (Å²) in [6.07, 6.45) is 0. The van der Waals surface area contributed by atoms with Gasteiger partial charge in [-0.15, -0.1) is 0 Å². The third kappa shape index (κ3) is 5.30. The number of benzene rings is 1. The molecular formula is C19H30N2O3. The molecular weight excluding hydrogens is 304 g/mol. The van der Waals surface area contributed by atoms with Gasteiger partial charge < -0.3 is 9.47 Å². The van der Waals surface area contributed by atoms with E-state index in [9.17, 15) is 4.79 Å². The number of hydrogen-bond donors (Lipinski definition) is 1. The quantitative estimate of drug-likeness (QED) is 0.810. The standard InChI is InChI=1S/C19H30N2O3/c1-5-24-18(22)16(20-19(2,3)4)17(15-9-7-6-8-10-15)21-11-13-23-14-12-21/h6-10,16-17,20H,5,11-14H2,1-4H3/t16-,17+/m0/s1. The third-order valence-corrected chi connectivity index (χ3v) is 4.02. The molecule has 0 bridgehead atoms. The van der Waals surface area contributed by atoms with Gasteiger partial charge in [-0.2, -0.15) is 0 Å². The van der Waals surface area contributed by atoms with E-state index in [0.717, 1.165) is 18.7 Å². The number of nitrogens with one attached hydrogen (secondary N) is 1. The topological polar surface area (TPSA) is 50.8 Å². The van der Waals surface area contributed by atoms with E-state index in [2.05, 4.69) is 43.1 Å². The predicted octanol–water partition coefficient (Wildman–Crippen LogP) is 2.38. The Morgan fingerprint density at radius 3 is 2.42 bits per heavy atom. The first-order valence-electron chi connectivity index (χ1n) is 8.73. The number of hydrogen-bond acceptors (Lipinski definition) is 5. The summed E-state index contributed by atoms with van der Waals surface area (Å²) in [5, 5.41) is 3.48. The number of nitrogens with zero attached hydrogens (tertiary/aromatic N) is 1. The van der Waals surface area contributed by atoms with Gasteiger partial charge in [-0.05, 0) is 33.3 Å². The van der Waals surface area contributed by atoms with Crippen LogP contribution >= 0.6 is 0 Å². The first kappa shape index (κ1) is 18.9. The Morgan fingerprint density at radius 2 is 1.88 bits per heavy atom. The maximum absolute atomic E-state index is 12.7. The molecule has 0 unspecified atom stereocenters. The highest BCUT2D eigenvalue weighted by Crippen LogP contribution is 2.27. The van der Waals surface area contributed by atoms with Crippen LogP contribution in [0.15, 0.2) is 30.3 Å². The zero-order valence-corrected chi connectivity index (χ0v) is 15.2. The van der Waals surface area contributed by atoms with Crippen molar-refractivity contribution in [2.24, 2.45) is 0 Å². The molecule has 5 nitrogen and oxygen atoms in total. The van der Waals surface area contributed by atoms with Crippen LogP contribution in [0.4, 0.5) is 0 Å². The lowest BCUT2D eigenvalue weighted by molar-refractivity contribution is -0.149. The summed E-state index contributed by atoms with van der Waals surface area (Å²) >= 11 is 0. The van der Waals surface area contributed by atoms with Crippen molar-refractivity contribution >= 4 is 5.97 Å². The van der Waals surface area contributed by atoms with Gasteiger partial charge in [-0.1, -0.05) is 30.3 Å². The Morgan fingerprint density at radius 1 is 1.25 bits per heavy atom. The normalized spacial score (nSPS) is 18.8. The molecule has 0 aromatic heterocycles.